The molecular weight excluding hydrogens is 188 g/mol. The van der Waals surface area contributed by atoms with Crippen LogP contribution in [-0.4, -0.2) is 17.9 Å². The molecule has 0 unspecified atom stereocenters. The maximum atomic E-state index is 12.7. The molecule has 0 fully saturated rings. The molecule has 0 aliphatic heterocycles. The number of carbonyl (C=O) groups excluding carboxylic acids is 1. The lowest BCUT2D eigenvalue weighted by molar-refractivity contribution is -0.128. The molecule has 1 aliphatic carbocycles. The summed E-state index contributed by atoms with van der Waals surface area (Å²) in [6.45, 7) is 2.13. The van der Waals surface area contributed by atoms with E-state index in [4.69, 9.17) is 0 Å². The van der Waals surface area contributed by atoms with E-state index in [0.29, 0.717) is 12.8 Å². The normalized spacial score (nSPS) is 19.7. The Hall–Kier alpha value is -0.930. The molecule has 0 saturated carbocycles. The Morgan fingerprint density at radius 2 is 2.00 bits per heavy atom. The quantitative estimate of drug-likeness (QED) is 0.699. The number of hydrogen-bond acceptors (Lipinski definition) is 1. The summed E-state index contributed by atoms with van der Waals surface area (Å²) in [5, 5.41) is 2.33. The van der Waals surface area contributed by atoms with Gasteiger partial charge < -0.3 is 5.32 Å². The number of halogens is 2. The van der Waals surface area contributed by atoms with Gasteiger partial charge in [0, 0.05) is 12.8 Å². The number of alkyl halides is 2. The van der Waals surface area contributed by atoms with E-state index in [1.807, 2.05) is 12.2 Å². The molecule has 80 valence electrons. The van der Waals surface area contributed by atoms with Crippen LogP contribution in [-0.2, 0) is 4.79 Å². The van der Waals surface area contributed by atoms with Crippen LogP contribution >= 0.6 is 0 Å². The minimum Gasteiger partial charge on any atom is -0.347 e. The molecule has 1 rings (SSSR count). The van der Waals surface area contributed by atoms with Crippen molar-refractivity contribution in [2.24, 2.45) is 5.92 Å². The van der Waals surface area contributed by atoms with Gasteiger partial charge in [0.05, 0.1) is 6.04 Å². The van der Waals surface area contributed by atoms with E-state index < -0.39 is 12.0 Å². The summed E-state index contributed by atoms with van der Waals surface area (Å²) < 4.78 is 25.5. The molecule has 0 bridgehead atoms. The highest BCUT2D eigenvalue weighted by Gasteiger charge is 2.32. The Morgan fingerprint density at radius 1 is 1.50 bits per heavy atom. The lowest BCUT2D eigenvalue weighted by atomic mass is 10.1. The summed E-state index contributed by atoms with van der Waals surface area (Å²) in [7, 11) is 0. The number of nitrogens with one attached hydrogen (secondary N) is 1. The molecule has 0 radical (unpaired) electrons. The predicted octanol–water partition coefficient (Wildman–Crippen LogP) is 2.11. The van der Waals surface area contributed by atoms with E-state index in [2.05, 4.69) is 5.32 Å². The minimum atomic E-state index is -2.86. The van der Waals surface area contributed by atoms with Gasteiger partial charge in [0.1, 0.15) is 0 Å². The number of rotatable bonds is 3. The van der Waals surface area contributed by atoms with Crippen LogP contribution in [0.1, 0.15) is 26.7 Å². The molecule has 0 aromatic heterocycles. The van der Waals surface area contributed by atoms with Gasteiger partial charge in [-0.15, -0.1) is 0 Å². The number of hydrogen-bond donors (Lipinski definition) is 1. The van der Waals surface area contributed by atoms with Crippen LogP contribution in [0.15, 0.2) is 12.2 Å². The van der Waals surface area contributed by atoms with Crippen LogP contribution in [0.5, 0.6) is 0 Å². The average molecular weight is 203 g/mol. The molecule has 1 atom stereocenters. The van der Waals surface area contributed by atoms with Crippen molar-refractivity contribution in [1.82, 2.24) is 5.32 Å². The van der Waals surface area contributed by atoms with Crippen molar-refractivity contribution in [3.63, 3.8) is 0 Å². The van der Waals surface area contributed by atoms with Crippen molar-refractivity contribution in [1.29, 1.82) is 0 Å². The van der Waals surface area contributed by atoms with Gasteiger partial charge in [-0.05, 0) is 19.8 Å². The average Bonchev–Trinajstić information content (AvgIpc) is 2.53. The first-order valence-electron chi connectivity index (χ1n) is 4.74. The van der Waals surface area contributed by atoms with Crippen molar-refractivity contribution < 1.29 is 13.6 Å². The molecule has 4 heteroatoms. The SMILES string of the molecule is C[C@H](NC(=O)C1CC=CC1)C(C)(F)F. The Bertz CT molecular complexity index is 237. The highest BCUT2D eigenvalue weighted by Crippen LogP contribution is 2.20. The molecule has 0 aromatic carbocycles. The summed E-state index contributed by atoms with van der Waals surface area (Å²) in [5.41, 5.74) is 0. The summed E-state index contributed by atoms with van der Waals surface area (Å²) in [6.07, 6.45) is 5.12. The van der Waals surface area contributed by atoms with E-state index >= 15 is 0 Å². The summed E-state index contributed by atoms with van der Waals surface area (Å²) in [4.78, 5) is 11.4. The molecule has 14 heavy (non-hydrogen) atoms. The maximum Gasteiger partial charge on any atom is 0.264 e. The van der Waals surface area contributed by atoms with E-state index in [-0.39, 0.29) is 11.8 Å². The zero-order chi connectivity index (χ0) is 10.8. The summed E-state index contributed by atoms with van der Waals surface area (Å²) in [5.74, 6) is -3.29. The Labute approximate surface area is 82.4 Å². The molecular formula is C10H15F2NO. The first-order valence-corrected chi connectivity index (χ1v) is 4.74. The molecule has 0 heterocycles. The first kappa shape index (κ1) is 11.1. The molecule has 0 saturated heterocycles. The number of allylic oxidation sites excluding steroid dienone is 2. The predicted molar refractivity (Wildman–Crippen MR) is 50.1 cm³/mol. The fourth-order valence-corrected chi connectivity index (χ4v) is 1.29. The second kappa shape index (κ2) is 4.07. The van der Waals surface area contributed by atoms with Gasteiger partial charge in [-0.1, -0.05) is 12.2 Å². The van der Waals surface area contributed by atoms with Crippen molar-refractivity contribution in [2.45, 2.75) is 38.7 Å². The topological polar surface area (TPSA) is 29.1 Å². The molecule has 1 aliphatic rings. The van der Waals surface area contributed by atoms with Gasteiger partial charge in [0.15, 0.2) is 0 Å². The van der Waals surface area contributed by atoms with Crippen molar-refractivity contribution in [2.75, 3.05) is 0 Å². The standard InChI is InChI=1S/C10H15F2NO/c1-7(10(2,11)12)13-9(14)8-5-3-4-6-8/h3-4,7-8H,5-6H2,1-2H3,(H,13,14)/t7-/m0/s1. The molecule has 1 amide bonds. The molecule has 0 spiro atoms. The third kappa shape index (κ3) is 2.79. The monoisotopic (exact) mass is 203 g/mol. The fourth-order valence-electron chi connectivity index (χ4n) is 1.29. The van der Waals surface area contributed by atoms with Crippen LogP contribution < -0.4 is 5.32 Å². The summed E-state index contributed by atoms with van der Waals surface area (Å²) in [6, 6.07) is -1.10. The second-order valence-electron chi connectivity index (χ2n) is 3.83. The highest BCUT2D eigenvalue weighted by atomic mass is 19.3. The minimum absolute atomic E-state index is 0.153. The van der Waals surface area contributed by atoms with Gasteiger partial charge in [-0.3, -0.25) is 4.79 Å². The molecule has 0 aromatic rings. The smallest absolute Gasteiger partial charge is 0.264 e. The van der Waals surface area contributed by atoms with E-state index in [1.54, 1.807) is 0 Å². The van der Waals surface area contributed by atoms with E-state index in [1.165, 1.54) is 6.92 Å². The van der Waals surface area contributed by atoms with Gasteiger partial charge in [0.25, 0.3) is 5.92 Å². The van der Waals surface area contributed by atoms with Gasteiger partial charge in [0.2, 0.25) is 5.91 Å². The van der Waals surface area contributed by atoms with Gasteiger partial charge in [-0.25, -0.2) is 8.78 Å². The van der Waals surface area contributed by atoms with Gasteiger partial charge >= 0.3 is 0 Å². The Morgan fingerprint density at radius 3 is 2.43 bits per heavy atom. The number of carbonyl (C=O) groups is 1. The van der Waals surface area contributed by atoms with Crippen LogP contribution in [0, 0.1) is 5.92 Å². The van der Waals surface area contributed by atoms with Crippen molar-refractivity contribution in [3.8, 4) is 0 Å². The second-order valence-corrected chi connectivity index (χ2v) is 3.83. The maximum absolute atomic E-state index is 12.7. The Balaban J connectivity index is 2.40. The highest BCUT2D eigenvalue weighted by molar-refractivity contribution is 5.79. The first-order chi connectivity index (χ1) is 6.41. The third-order valence-electron chi connectivity index (χ3n) is 2.50. The largest absolute Gasteiger partial charge is 0.347 e. The Kier molecular flexibility index (Phi) is 3.24. The van der Waals surface area contributed by atoms with Crippen molar-refractivity contribution in [3.05, 3.63) is 12.2 Å². The van der Waals surface area contributed by atoms with Crippen LogP contribution in [0.25, 0.3) is 0 Å². The van der Waals surface area contributed by atoms with Crippen molar-refractivity contribution >= 4 is 5.91 Å². The van der Waals surface area contributed by atoms with E-state index in [9.17, 15) is 13.6 Å². The zero-order valence-electron chi connectivity index (χ0n) is 8.39. The van der Waals surface area contributed by atoms with E-state index in [0.717, 1.165) is 6.92 Å². The van der Waals surface area contributed by atoms with Crippen LogP contribution in [0.4, 0.5) is 8.78 Å². The number of amides is 1. The zero-order valence-corrected chi connectivity index (χ0v) is 8.39. The lowest BCUT2D eigenvalue weighted by Crippen LogP contribution is -2.45. The van der Waals surface area contributed by atoms with Gasteiger partial charge in [-0.2, -0.15) is 0 Å². The summed E-state index contributed by atoms with van der Waals surface area (Å²) >= 11 is 0. The molecule has 1 N–H and O–H groups in total. The third-order valence-corrected chi connectivity index (χ3v) is 2.50. The van der Waals surface area contributed by atoms with Crippen LogP contribution in [0.3, 0.4) is 0 Å². The molecule has 2 nitrogen and oxygen atoms in total. The fraction of sp³-hybridized carbons (Fsp3) is 0.700. The lowest BCUT2D eigenvalue weighted by Gasteiger charge is -2.22. The van der Waals surface area contributed by atoms with Crippen LogP contribution in [0.2, 0.25) is 0 Å².